The van der Waals surface area contributed by atoms with Crippen LogP contribution in [0.4, 0.5) is 23.0 Å². The zero-order valence-electron chi connectivity index (χ0n) is 18.5. The fourth-order valence-corrected chi connectivity index (χ4v) is 4.31. The number of rotatable bonds is 6. The molecule has 11 heteroatoms. The number of H-pyrrole nitrogens is 1. The molecule has 0 radical (unpaired) electrons. The number of aromatic nitrogens is 4. The number of nitrogens with zero attached hydrogens (tertiary/aromatic N) is 4. The summed E-state index contributed by atoms with van der Waals surface area (Å²) in [5, 5.41) is 14.6. The maximum atomic E-state index is 11.8. The van der Waals surface area contributed by atoms with E-state index in [-0.39, 0.29) is 5.91 Å². The van der Waals surface area contributed by atoms with Crippen molar-refractivity contribution in [1.29, 1.82) is 0 Å². The average Bonchev–Trinajstić information content (AvgIpc) is 3.25. The average molecular weight is 510 g/mol. The van der Waals surface area contributed by atoms with Crippen molar-refractivity contribution >= 4 is 63.2 Å². The van der Waals surface area contributed by atoms with E-state index >= 15 is 0 Å². The molecule has 0 saturated carbocycles. The van der Waals surface area contributed by atoms with Crippen molar-refractivity contribution in [3.63, 3.8) is 0 Å². The van der Waals surface area contributed by atoms with Crippen molar-refractivity contribution in [2.24, 2.45) is 0 Å². The number of hydrogen-bond donors (Lipinski definition) is 3. The minimum Gasteiger partial charge on any atom is -0.378 e. The summed E-state index contributed by atoms with van der Waals surface area (Å²) in [7, 11) is 0. The molecule has 0 unspecified atom stereocenters. The number of fused-ring (bicyclic) bond motifs is 1. The van der Waals surface area contributed by atoms with Crippen LogP contribution in [0.1, 0.15) is 0 Å². The van der Waals surface area contributed by atoms with Crippen LogP contribution >= 0.6 is 23.2 Å². The second-order valence-corrected chi connectivity index (χ2v) is 8.58. The maximum Gasteiger partial charge on any atom is 0.247 e. The molecular weight excluding hydrogens is 489 g/mol. The Hall–Kier alpha value is -3.66. The van der Waals surface area contributed by atoms with Gasteiger partial charge in [-0.25, -0.2) is 4.98 Å². The monoisotopic (exact) mass is 509 g/mol. The van der Waals surface area contributed by atoms with Gasteiger partial charge in [0.25, 0.3) is 0 Å². The largest absolute Gasteiger partial charge is 0.378 e. The van der Waals surface area contributed by atoms with Gasteiger partial charge in [0.05, 0.1) is 35.0 Å². The van der Waals surface area contributed by atoms with Gasteiger partial charge < -0.3 is 20.3 Å². The van der Waals surface area contributed by atoms with Gasteiger partial charge in [0, 0.05) is 30.0 Å². The zero-order chi connectivity index (χ0) is 24.4. The van der Waals surface area contributed by atoms with Crippen molar-refractivity contribution in [2.45, 2.75) is 0 Å². The second-order valence-electron chi connectivity index (χ2n) is 7.80. The van der Waals surface area contributed by atoms with Crippen molar-refractivity contribution in [3.05, 3.63) is 65.3 Å². The summed E-state index contributed by atoms with van der Waals surface area (Å²) in [5.74, 6) is 0.0314. The number of nitrogens with one attached hydrogen (secondary N) is 3. The molecule has 4 aromatic rings. The van der Waals surface area contributed by atoms with Crippen molar-refractivity contribution in [1.82, 2.24) is 20.2 Å². The van der Waals surface area contributed by atoms with Gasteiger partial charge in [-0.05, 0) is 36.4 Å². The van der Waals surface area contributed by atoms with Gasteiger partial charge in [0.15, 0.2) is 5.65 Å². The minimum absolute atomic E-state index is 0.308. The SMILES string of the molecule is C=CC(=O)Nc1cccc(-c2nc(Nc3ccc(Cl)c(N4CCOCC4)c3)nc3n[nH]c(Cl)c23)c1. The van der Waals surface area contributed by atoms with Gasteiger partial charge in [0.2, 0.25) is 11.9 Å². The van der Waals surface area contributed by atoms with Gasteiger partial charge in [-0.2, -0.15) is 10.1 Å². The molecule has 0 spiro atoms. The topological polar surface area (TPSA) is 108 Å². The summed E-state index contributed by atoms with van der Waals surface area (Å²) < 4.78 is 5.45. The number of ether oxygens (including phenoxy) is 1. The number of amides is 1. The molecule has 1 aliphatic rings. The standard InChI is InChI=1S/C24H21Cl2N7O2/c1-2-19(34)27-15-5-3-4-14(12-15)21-20-22(26)31-32-23(20)30-24(29-21)28-16-6-7-17(25)18(13-16)33-8-10-35-11-9-33/h2-7,12-13H,1,8-11H2,(H,27,34)(H2,28,29,30,31,32). The highest BCUT2D eigenvalue weighted by atomic mass is 35.5. The van der Waals surface area contributed by atoms with Gasteiger partial charge in [-0.1, -0.05) is 41.9 Å². The van der Waals surface area contributed by atoms with Crippen molar-refractivity contribution in [2.75, 3.05) is 41.8 Å². The van der Waals surface area contributed by atoms with Crippen LogP contribution in [0.15, 0.2) is 55.1 Å². The number of aromatic amines is 1. The number of hydrogen-bond acceptors (Lipinski definition) is 7. The van der Waals surface area contributed by atoms with Crippen LogP contribution in [-0.2, 0) is 9.53 Å². The highest BCUT2D eigenvalue weighted by Gasteiger charge is 2.18. The fraction of sp³-hybridized carbons (Fsp3) is 0.167. The second kappa shape index (κ2) is 9.91. The first-order valence-electron chi connectivity index (χ1n) is 10.9. The number of anilines is 4. The molecule has 9 nitrogen and oxygen atoms in total. The Labute approximate surface area is 211 Å². The summed E-state index contributed by atoms with van der Waals surface area (Å²) in [6.07, 6.45) is 1.21. The summed E-state index contributed by atoms with van der Waals surface area (Å²) >= 11 is 12.9. The van der Waals surface area contributed by atoms with E-state index in [0.29, 0.717) is 51.8 Å². The molecule has 1 saturated heterocycles. The first-order valence-corrected chi connectivity index (χ1v) is 11.6. The van der Waals surface area contributed by atoms with E-state index in [4.69, 9.17) is 32.9 Å². The molecule has 35 heavy (non-hydrogen) atoms. The number of halogens is 2. The Kier molecular flexibility index (Phi) is 6.54. The molecular formula is C24H21Cl2N7O2. The van der Waals surface area contributed by atoms with Gasteiger partial charge in [-0.15, -0.1) is 0 Å². The zero-order valence-corrected chi connectivity index (χ0v) is 20.0. The van der Waals surface area contributed by atoms with E-state index in [2.05, 4.69) is 37.3 Å². The number of carbonyl (C=O) groups is 1. The molecule has 0 aliphatic carbocycles. The summed E-state index contributed by atoms with van der Waals surface area (Å²) in [4.78, 5) is 23.2. The lowest BCUT2D eigenvalue weighted by Crippen LogP contribution is -2.36. The van der Waals surface area contributed by atoms with Crippen LogP contribution in [0.25, 0.3) is 22.3 Å². The Morgan fingerprint density at radius 1 is 1.11 bits per heavy atom. The van der Waals surface area contributed by atoms with E-state index in [1.54, 1.807) is 12.1 Å². The predicted octanol–water partition coefficient (Wildman–Crippen LogP) is 5.03. The summed E-state index contributed by atoms with van der Waals surface area (Å²) in [5.41, 5.74) is 3.99. The van der Waals surface area contributed by atoms with Crippen LogP contribution in [0.2, 0.25) is 10.2 Å². The lowest BCUT2D eigenvalue weighted by atomic mass is 10.1. The lowest BCUT2D eigenvalue weighted by Gasteiger charge is -2.29. The van der Waals surface area contributed by atoms with Crippen LogP contribution < -0.4 is 15.5 Å². The third-order valence-electron chi connectivity index (χ3n) is 5.51. The van der Waals surface area contributed by atoms with E-state index in [1.807, 2.05) is 30.3 Å². The van der Waals surface area contributed by atoms with Gasteiger partial charge in [-0.3, -0.25) is 9.89 Å². The highest BCUT2D eigenvalue weighted by molar-refractivity contribution is 6.35. The highest BCUT2D eigenvalue weighted by Crippen LogP contribution is 2.34. The smallest absolute Gasteiger partial charge is 0.247 e. The van der Waals surface area contributed by atoms with Crippen LogP contribution in [0, 0.1) is 0 Å². The molecule has 1 fully saturated rings. The maximum absolute atomic E-state index is 11.8. The van der Waals surface area contributed by atoms with E-state index in [9.17, 15) is 4.79 Å². The normalized spacial score (nSPS) is 13.6. The Morgan fingerprint density at radius 3 is 2.74 bits per heavy atom. The van der Waals surface area contributed by atoms with Gasteiger partial charge >= 0.3 is 0 Å². The predicted molar refractivity (Wildman–Crippen MR) is 139 cm³/mol. The van der Waals surface area contributed by atoms with E-state index in [1.165, 1.54) is 6.08 Å². The molecule has 0 atom stereocenters. The lowest BCUT2D eigenvalue weighted by molar-refractivity contribution is -0.111. The molecule has 1 amide bonds. The molecule has 3 N–H and O–H groups in total. The fourth-order valence-electron chi connectivity index (χ4n) is 3.86. The van der Waals surface area contributed by atoms with Gasteiger partial charge in [0.1, 0.15) is 5.15 Å². The van der Waals surface area contributed by atoms with Crippen molar-refractivity contribution < 1.29 is 9.53 Å². The minimum atomic E-state index is -0.308. The number of benzene rings is 2. The number of morpholine rings is 1. The molecule has 1 aliphatic heterocycles. The Morgan fingerprint density at radius 2 is 1.94 bits per heavy atom. The van der Waals surface area contributed by atoms with E-state index in [0.717, 1.165) is 30.0 Å². The number of carbonyl (C=O) groups excluding carboxylic acids is 1. The quantitative estimate of drug-likeness (QED) is 0.312. The first kappa shape index (κ1) is 23.1. The van der Waals surface area contributed by atoms with Crippen LogP contribution in [0.3, 0.4) is 0 Å². The van der Waals surface area contributed by atoms with E-state index < -0.39 is 0 Å². The summed E-state index contributed by atoms with van der Waals surface area (Å²) in [6.45, 7) is 6.33. The molecule has 3 heterocycles. The third kappa shape index (κ3) is 4.93. The summed E-state index contributed by atoms with van der Waals surface area (Å²) in [6, 6.07) is 12.9. The van der Waals surface area contributed by atoms with Crippen LogP contribution in [-0.4, -0.2) is 52.4 Å². The Balaban J connectivity index is 1.52. The third-order valence-corrected chi connectivity index (χ3v) is 6.11. The molecule has 5 rings (SSSR count). The molecule has 178 valence electrons. The Bertz CT molecular complexity index is 1420. The molecule has 2 aromatic carbocycles. The molecule has 2 aromatic heterocycles. The first-order chi connectivity index (χ1) is 17.0. The molecule has 0 bridgehead atoms. The van der Waals surface area contributed by atoms with Crippen molar-refractivity contribution in [3.8, 4) is 11.3 Å². The van der Waals surface area contributed by atoms with Crippen LogP contribution in [0.5, 0.6) is 0 Å².